The average Bonchev–Trinajstić information content (AvgIpc) is 3.24. The Hall–Kier alpha value is -2.36. The second-order valence-corrected chi connectivity index (χ2v) is 8.68. The van der Waals surface area contributed by atoms with Gasteiger partial charge in [0.05, 0.1) is 11.7 Å². The first kappa shape index (κ1) is 15.9. The lowest BCUT2D eigenvalue weighted by Gasteiger charge is -2.26. The molecule has 0 atom stereocenters. The van der Waals surface area contributed by atoms with Gasteiger partial charge in [0.2, 0.25) is 10.0 Å². The highest BCUT2D eigenvalue weighted by Gasteiger charge is 2.32. The van der Waals surface area contributed by atoms with Crippen LogP contribution in [0.3, 0.4) is 0 Å². The molecular weight excluding hydrogens is 375 g/mol. The lowest BCUT2D eigenvalue weighted by Crippen LogP contribution is -2.35. The molecule has 1 N–H and O–H groups in total. The molecule has 0 spiro atoms. The molecule has 4 aromatic rings. The maximum Gasteiger partial charge on any atom is 0.245 e. The topological polar surface area (TPSA) is 79.0 Å². The molecule has 2 aromatic carbocycles. The number of sulfonamides is 1. The normalized spacial score (nSPS) is 15.6. The van der Waals surface area contributed by atoms with Crippen LogP contribution < -0.4 is 0 Å². The van der Waals surface area contributed by atoms with Crippen LogP contribution in [0.5, 0.6) is 0 Å². The van der Waals surface area contributed by atoms with Crippen LogP contribution in [0.15, 0.2) is 41.3 Å². The predicted molar refractivity (Wildman–Crippen MR) is 97.0 cm³/mol. The van der Waals surface area contributed by atoms with Gasteiger partial charge in [-0.1, -0.05) is 6.07 Å². The van der Waals surface area contributed by atoms with E-state index in [0.717, 1.165) is 33.9 Å². The molecule has 132 valence electrons. The summed E-state index contributed by atoms with van der Waals surface area (Å²) in [6.07, 6.45) is 0.552. The van der Waals surface area contributed by atoms with Crippen molar-refractivity contribution in [3.8, 4) is 0 Å². The van der Waals surface area contributed by atoms with Crippen molar-refractivity contribution in [2.75, 3.05) is 6.54 Å². The van der Waals surface area contributed by atoms with Gasteiger partial charge < -0.3 is 4.98 Å². The van der Waals surface area contributed by atoms with E-state index >= 15 is 0 Å². The molecule has 0 saturated heterocycles. The smallest absolute Gasteiger partial charge is 0.245 e. The number of fused-ring (bicyclic) bond motifs is 4. The summed E-state index contributed by atoms with van der Waals surface area (Å²) in [5.41, 5.74) is 3.58. The van der Waals surface area contributed by atoms with Gasteiger partial charge in [-0.25, -0.2) is 12.8 Å². The zero-order valence-electron chi connectivity index (χ0n) is 13.4. The Morgan fingerprint density at radius 1 is 1.19 bits per heavy atom. The first-order valence-electron chi connectivity index (χ1n) is 8.04. The fourth-order valence-corrected chi connectivity index (χ4v) is 5.66. The second-order valence-electron chi connectivity index (χ2n) is 6.25. The molecule has 3 heterocycles. The molecule has 0 aliphatic carbocycles. The van der Waals surface area contributed by atoms with Gasteiger partial charge >= 0.3 is 0 Å². The summed E-state index contributed by atoms with van der Waals surface area (Å²) in [6.45, 7) is 0.563. The van der Waals surface area contributed by atoms with E-state index in [9.17, 15) is 12.8 Å². The summed E-state index contributed by atoms with van der Waals surface area (Å²) >= 11 is 0.994. The molecular formula is C17H13FN4O2S2. The minimum absolute atomic E-state index is 0.165. The van der Waals surface area contributed by atoms with Crippen molar-refractivity contribution in [1.82, 2.24) is 18.0 Å². The van der Waals surface area contributed by atoms with Crippen LogP contribution in [-0.2, 0) is 23.0 Å². The van der Waals surface area contributed by atoms with Gasteiger partial charge in [-0.2, -0.15) is 13.1 Å². The van der Waals surface area contributed by atoms with E-state index in [4.69, 9.17) is 0 Å². The summed E-state index contributed by atoms with van der Waals surface area (Å²) in [4.78, 5) is 3.44. The summed E-state index contributed by atoms with van der Waals surface area (Å²) in [5.74, 6) is -0.336. The van der Waals surface area contributed by atoms with E-state index in [-0.39, 0.29) is 17.3 Å². The quantitative estimate of drug-likeness (QED) is 0.572. The lowest BCUT2D eigenvalue weighted by atomic mass is 10.1. The van der Waals surface area contributed by atoms with E-state index in [1.54, 1.807) is 24.3 Å². The van der Waals surface area contributed by atoms with E-state index in [1.807, 2.05) is 0 Å². The number of nitrogens with zero attached hydrogens (tertiary/aromatic N) is 3. The highest BCUT2D eigenvalue weighted by atomic mass is 32.2. The highest BCUT2D eigenvalue weighted by molar-refractivity contribution is 7.89. The van der Waals surface area contributed by atoms with Gasteiger partial charge in [0.1, 0.15) is 21.7 Å². The van der Waals surface area contributed by atoms with Gasteiger partial charge in [0, 0.05) is 36.1 Å². The van der Waals surface area contributed by atoms with Crippen molar-refractivity contribution in [1.29, 1.82) is 0 Å². The number of halogens is 1. The molecule has 0 saturated carbocycles. The summed E-state index contributed by atoms with van der Waals surface area (Å²) < 4.78 is 49.8. The maximum absolute atomic E-state index is 13.7. The largest absolute Gasteiger partial charge is 0.358 e. The molecule has 26 heavy (non-hydrogen) atoms. The zero-order valence-corrected chi connectivity index (χ0v) is 15.1. The predicted octanol–water partition coefficient (Wildman–Crippen LogP) is 3.06. The standard InChI is InChI=1S/C17H13FN4O2S2/c18-10-4-5-13-11(8-10)12-9-22(7-6-14(12)19-13)26(23,24)16-3-1-2-15-17(16)21-25-20-15/h1-5,8,19H,6-7,9H2. The molecule has 0 radical (unpaired) electrons. The fraction of sp³-hybridized carbons (Fsp3) is 0.176. The molecule has 9 heteroatoms. The SMILES string of the molecule is O=S(=O)(c1cccc2nsnc12)N1CCc2[nH]c3ccc(F)cc3c2C1. The monoisotopic (exact) mass is 388 g/mol. The van der Waals surface area contributed by atoms with E-state index in [2.05, 4.69) is 13.7 Å². The number of H-pyrrole nitrogens is 1. The molecule has 1 aliphatic rings. The Morgan fingerprint density at radius 2 is 2.08 bits per heavy atom. The van der Waals surface area contributed by atoms with Gasteiger partial charge in [0.15, 0.2) is 0 Å². The van der Waals surface area contributed by atoms with E-state index < -0.39 is 10.0 Å². The second kappa shape index (κ2) is 5.57. The van der Waals surface area contributed by atoms with Crippen LogP contribution in [0, 0.1) is 5.82 Å². The Balaban J connectivity index is 1.61. The Kier molecular flexibility index (Phi) is 3.40. The number of hydrogen-bond acceptors (Lipinski definition) is 5. The number of aromatic amines is 1. The number of aromatic nitrogens is 3. The number of nitrogens with one attached hydrogen (secondary N) is 1. The van der Waals surface area contributed by atoms with E-state index in [1.165, 1.54) is 16.4 Å². The van der Waals surface area contributed by atoms with Gasteiger partial charge in [-0.3, -0.25) is 0 Å². The third-order valence-corrected chi connectivity index (χ3v) is 7.19. The Bertz CT molecular complexity index is 1260. The number of rotatable bonds is 2. The molecule has 6 nitrogen and oxygen atoms in total. The molecule has 0 unspecified atom stereocenters. The Morgan fingerprint density at radius 3 is 2.96 bits per heavy atom. The maximum atomic E-state index is 13.7. The van der Waals surface area contributed by atoms with Crippen molar-refractivity contribution in [3.05, 3.63) is 53.5 Å². The van der Waals surface area contributed by atoms with Crippen molar-refractivity contribution in [3.63, 3.8) is 0 Å². The van der Waals surface area contributed by atoms with Crippen molar-refractivity contribution < 1.29 is 12.8 Å². The van der Waals surface area contributed by atoms with Crippen LogP contribution in [0.2, 0.25) is 0 Å². The van der Waals surface area contributed by atoms with Crippen LogP contribution >= 0.6 is 11.7 Å². The zero-order chi connectivity index (χ0) is 17.9. The van der Waals surface area contributed by atoms with Crippen molar-refractivity contribution >= 4 is 43.7 Å². The van der Waals surface area contributed by atoms with Gasteiger partial charge in [-0.15, -0.1) is 0 Å². The number of hydrogen-bond donors (Lipinski definition) is 1. The summed E-state index contributed by atoms with van der Waals surface area (Å²) in [6, 6.07) is 9.51. The first-order valence-corrected chi connectivity index (χ1v) is 10.2. The minimum atomic E-state index is -3.73. The molecule has 0 fully saturated rings. The molecule has 5 rings (SSSR count). The third-order valence-electron chi connectivity index (χ3n) is 4.77. The van der Waals surface area contributed by atoms with Crippen molar-refractivity contribution in [2.24, 2.45) is 0 Å². The first-order chi connectivity index (χ1) is 12.5. The molecule has 1 aliphatic heterocycles. The summed E-state index contributed by atoms with van der Waals surface area (Å²) in [5, 5.41) is 0.730. The molecule has 2 aromatic heterocycles. The highest BCUT2D eigenvalue weighted by Crippen LogP contribution is 2.32. The fourth-order valence-electron chi connectivity index (χ4n) is 3.50. The summed E-state index contributed by atoms with van der Waals surface area (Å²) in [7, 11) is -3.73. The lowest BCUT2D eigenvalue weighted by molar-refractivity contribution is 0.391. The van der Waals surface area contributed by atoms with Crippen LogP contribution in [0.4, 0.5) is 4.39 Å². The average molecular weight is 388 g/mol. The number of benzene rings is 2. The van der Waals surface area contributed by atoms with Gasteiger partial charge in [-0.05, 0) is 35.9 Å². The van der Waals surface area contributed by atoms with E-state index in [0.29, 0.717) is 24.0 Å². The van der Waals surface area contributed by atoms with Crippen molar-refractivity contribution in [2.45, 2.75) is 17.9 Å². The van der Waals surface area contributed by atoms with Crippen LogP contribution in [0.1, 0.15) is 11.3 Å². The molecule has 0 amide bonds. The third kappa shape index (κ3) is 2.28. The minimum Gasteiger partial charge on any atom is -0.358 e. The van der Waals surface area contributed by atoms with Gasteiger partial charge in [0.25, 0.3) is 0 Å². The Labute approximate surface area is 152 Å². The van der Waals surface area contributed by atoms with Crippen LogP contribution in [0.25, 0.3) is 21.9 Å². The van der Waals surface area contributed by atoms with Crippen LogP contribution in [-0.4, -0.2) is 33.0 Å². The molecule has 0 bridgehead atoms.